The molecular formula is C20H19N5O4. The van der Waals surface area contributed by atoms with Gasteiger partial charge in [0.05, 0.1) is 30.8 Å². The molecular weight excluding hydrogens is 374 g/mol. The van der Waals surface area contributed by atoms with Crippen LogP contribution in [0.4, 0.5) is 22.2 Å². The third kappa shape index (κ3) is 4.77. The molecule has 2 aromatic heterocycles. The number of carbonyl (C=O) groups is 1. The Morgan fingerprint density at radius 1 is 1.14 bits per heavy atom. The van der Waals surface area contributed by atoms with Crippen molar-refractivity contribution in [3.05, 3.63) is 54.9 Å². The predicted octanol–water partition coefficient (Wildman–Crippen LogP) is 3.18. The van der Waals surface area contributed by atoms with E-state index in [1.54, 1.807) is 36.7 Å². The van der Waals surface area contributed by atoms with Crippen LogP contribution < -0.4 is 15.0 Å². The van der Waals surface area contributed by atoms with E-state index in [1.165, 1.54) is 0 Å². The van der Waals surface area contributed by atoms with Gasteiger partial charge in [-0.1, -0.05) is 12.1 Å². The summed E-state index contributed by atoms with van der Waals surface area (Å²) < 4.78 is 10.2. The van der Waals surface area contributed by atoms with E-state index < -0.39 is 6.16 Å². The van der Waals surface area contributed by atoms with Gasteiger partial charge < -0.3 is 24.8 Å². The summed E-state index contributed by atoms with van der Waals surface area (Å²) in [7, 11) is 0. The van der Waals surface area contributed by atoms with Gasteiger partial charge in [-0.25, -0.2) is 9.78 Å². The van der Waals surface area contributed by atoms with Crippen molar-refractivity contribution in [2.24, 2.45) is 0 Å². The third-order valence-electron chi connectivity index (χ3n) is 4.28. The number of anilines is 3. The van der Waals surface area contributed by atoms with Gasteiger partial charge in [-0.05, 0) is 24.3 Å². The molecule has 0 amide bonds. The van der Waals surface area contributed by atoms with Gasteiger partial charge >= 0.3 is 6.16 Å². The Balaban J connectivity index is 1.72. The number of hydrogen-bond acceptors (Lipinski definition) is 8. The summed E-state index contributed by atoms with van der Waals surface area (Å²) in [6.07, 6.45) is 2.04. The maximum Gasteiger partial charge on any atom is 0.511 e. The van der Waals surface area contributed by atoms with Crippen molar-refractivity contribution in [3.63, 3.8) is 0 Å². The molecule has 1 saturated heterocycles. The molecule has 0 aliphatic carbocycles. The monoisotopic (exact) mass is 393 g/mol. The van der Waals surface area contributed by atoms with E-state index in [1.807, 2.05) is 18.2 Å². The largest absolute Gasteiger partial charge is 0.511 e. The fourth-order valence-corrected chi connectivity index (χ4v) is 2.96. The SMILES string of the molecule is O=C(O)Oc1cccc(-c2cc(Nc3cccnc3)nc(N3CCOCC3)n2)c1. The Morgan fingerprint density at radius 2 is 2.00 bits per heavy atom. The average molecular weight is 393 g/mol. The molecule has 9 heteroatoms. The van der Waals surface area contributed by atoms with Crippen LogP contribution in [0.15, 0.2) is 54.9 Å². The lowest BCUT2D eigenvalue weighted by molar-refractivity contribution is 0.122. The normalized spacial score (nSPS) is 13.7. The van der Waals surface area contributed by atoms with Crippen molar-refractivity contribution >= 4 is 23.6 Å². The van der Waals surface area contributed by atoms with Crippen LogP contribution in [0.1, 0.15) is 0 Å². The van der Waals surface area contributed by atoms with Gasteiger partial charge in [-0.15, -0.1) is 0 Å². The Bertz CT molecular complexity index is 993. The van der Waals surface area contributed by atoms with Crippen molar-refractivity contribution < 1.29 is 19.4 Å². The van der Waals surface area contributed by atoms with Crippen LogP contribution in [0.3, 0.4) is 0 Å². The van der Waals surface area contributed by atoms with Crippen LogP contribution in [-0.4, -0.2) is 52.5 Å². The molecule has 1 aromatic carbocycles. The van der Waals surface area contributed by atoms with Gasteiger partial charge in [-0.2, -0.15) is 4.98 Å². The molecule has 0 spiro atoms. The second-order valence-corrected chi connectivity index (χ2v) is 6.30. The number of pyridine rings is 1. The highest BCUT2D eigenvalue weighted by Crippen LogP contribution is 2.27. The average Bonchev–Trinajstić information content (AvgIpc) is 2.75. The molecule has 0 radical (unpaired) electrons. The van der Waals surface area contributed by atoms with Crippen LogP contribution in [0.25, 0.3) is 11.3 Å². The molecule has 0 bridgehead atoms. The third-order valence-corrected chi connectivity index (χ3v) is 4.28. The number of benzene rings is 1. The zero-order valence-electron chi connectivity index (χ0n) is 15.5. The topological polar surface area (TPSA) is 110 Å². The Morgan fingerprint density at radius 3 is 2.76 bits per heavy atom. The minimum atomic E-state index is -1.36. The molecule has 1 aliphatic rings. The molecule has 4 rings (SSSR count). The maximum atomic E-state index is 10.9. The molecule has 9 nitrogen and oxygen atoms in total. The lowest BCUT2D eigenvalue weighted by Gasteiger charge is -2.27. The van der Waals surface area contributed by atoms with Gasteiger partial charge in [0, 0.05) is 30.9 Å². The summed E-state index contributed by atoms with van der Waals surface area (Å²) in [5.41, 5.74) is 2.16. The molecule has 0 saturated carbocycles. The van der Waals surface area contributed by atoms with Crippen LogP contribution >= 0.6 is 0 Å². The first-order valence-corrected chi connectivity index (χ1v) is 9.07. The minimum absolute atomic E-state index is 0.225. The standard InChI is InChI=1S/C20H19N5O4/c26-20(27)29-16-5-1-3-14(11-16)17-12-18(22-15-4-2-6-21-13-15)24-19(23-17)25-7-9-28-10-8-25/h1-6,11-13H,7-10H2,(H,26,27)(H,22,23,24). The number of morpholine rings is 1. The van der Waals surface area contributed by atoms with Crippen molar-refractivity contribution in [1.29, 1.82) is 0 Å². The van der Waals surface area contributed by atoms with E-state index in [0.29, 0.717) is 43.8 Å². The highest BCUT2D eigenvalue weighted by molar-refractivity contribution is 5.69. The van der Waals surface area contributed by atoms with E-state index in [9.17, 15) is 4.79 Å². The fraction of sp³-hybridized carbons (Fsp3) is 0.200. The summed E-state index contributed by atoms with van der Waals surface area (Å²) in [5, 5.41) is 12.1. The van der Waals surface area contributed by atoms with Crippen LogP contribution in [0.5, 0.6) is 5.75 Å². The Hall–Kier alpha value is -3.72. The predicted molar refractivity (Wildman–Crippen MR) is 107 cm³/mol. The smallest absolute Gasteiger partial charge is 0.449 e. The summed E-state index contributed by atoms with van der Waals surface area (Å²) in [6, 6.07) is 12.3. The Labute approximate surface area is 167 Å². The molecule has 3 heterocycles. The lowest BCUT2D eigenvalue weighted by atomic mass is 10.1. The zero-order valence-corrected chi connectivity index (χ0v) is 15.5. The molecule has 148 valence electrons. The van der Waals surface area contributed by atoms with Gasteiger partial charge in [-0.3, -0.25) is 4.98 Å². The first-order chi connectivity index (χ1) is 14.2. The van der Waals surface area contributed by atoms with E-state index in [0.717, 1.165) is 11.3 Å². The van der Waals surface area contributed by atoms with Crippen molar-refractivity contribution in [2.75, 3.05) is 36.5 Å². The molecule has 1 aliphatic heterocycles. The maximum absolute atomic E-state index is 10.9. The van der Waals surface area contributed by atoms with Crippen LogP contribution in [-0.2, 0) is 4.74 Å². The molecule has 29 heavy (non-hydrogen) atoms. The van der Waals surface area contributed by atoms with E-state index in [4.69, 9.17) is 14.6 Å². The summed E-state index contributed by atoms with van der Waals surface area (Å²) in [4.78, 5) is 26.3. The second-order valence-electron chi connectivity index (χ2n) is 6.30. The first kappa shape index (κ1) is 18.6. The molecule has 0 unspecified atom stereocenters. The summed E-state index contributed by atoms with van der Waals surface area (Å²) >= 11 is 0. The second kappa shape index (κ2) is 8.53. The van der Waals surface area contributed by atoms with Crippen molar-refractivity contribution in [1.82, 2.24) is 15.0 Å². The minimum Gasteiger partial charge on any atom is -0.449 e. The fourth-order valence-electron chi connectivity index (χ4n) is 2.96. The van der Waals surface area contributed by atoms with Crippen LogP contribution in [0.2, 0.25) is 0 Å². The van der Waals surface area contributed by atoms with Crippen molar-refractivity contribution in [2.45, 2.75) is 0 Å². The summed E-state index contributed by atoms with van der Waals surface area (Å²) in [5.74, 6) is 1.40. The van der Waals surface area contributed by atoms with E-state index in [2.05, 4.69) is 25.2 Å². The molecule has 2 N–H and O–H groups in total. The number of nitrogens with one attached hydrogen (secondary N) is 1. The number of hydrogen-bond donors (Lipinski definition) is 2. The highest BCUT2D eigenvalue weighted by Gasteiger charge is 2.17. The van der Waals surface area contributed by atoms with Crippen molar-refractivity contribution in [3.8, 4) is 17.0 Å². The molecule has 3 aromatic rings. The van der Waals surface area contributed by atoms with Gasteiger partial charge in [0.1, 0.15) is 11.6 Å². The Kier molecular flexibility index (Phi) is 5.48. The van der Waals surface area contributed by atoms with Gasteiger partial charge in [0.2, 0.25) is 5.95 Å². The number of aromatic nitrogens is 3. The highest BCUT2D eigenvalue weighted by atomic mass is 16.7. The van der Waals surface area contributed by atoms with Gasteiger partial charge in [0.25, 0.3) is 0 Å². The van der Waals surface area contributed by atoms with E-state index in [-0.39, 0.29) is 5.75 Å². The van der Waals surface area contributed by atoms with Gasteiger partial charge in [0.15, 0.2) is 0 Å². The number of nitrogens with zero attached hydrogens (tertiary/aromatic N) is 4. The summed E-state index contributed by atoms with van der Waals surface area (Å²) in [6.45, 7) is 2.61. The number of carboxylic acid groups (broad SMARTS) is 1. The zero-order chi connectivity index (χ0) is 20.1. The number of ether oxygens (including phenoxy) is 2. The number of rotatable bonds is 5. The van der Waals surface area contributed by atoms with Crippen LogP contribution in [0, 0.1) is 0 Å². The molecule has 0 atom stereocenters. The quantitative estimate of drug-likeness (QED) is 0.499. The molecule has 1 fully saturated rings. The van der Waals surface area contributed by atoms with E-state index >= 15 is 0 Å². The first-order valence-electron chi connectivity index (χ1n) is 9.07. The lowest BCUT2D eigenvalue weighted by Crippen LogP contribution is -2.37.